The van der Waals surface area contributed by atoms with Crippen molar-refractivity contribution in [2.24, 2.45) is 0 Å². The SMILES string of the molecule is Fc1ccc(CNC(=S)NCCCOC[C@H]2CCCO2)cc1. The molecule has 1 aromatic rings. The monoisotopic (exact) mass is 326 g/mol. The Balaban J connectivity index is 1.46. The molecule has 0 unspecified atom stereocenters. The molecule has 1 fully saturated rings. The predicted octanol–water partition coefficient (Wildman–Crippen LogP) is 2.38. The lowest BCUT2D eigenvalue weighted by Crippen LogP contribution is -2.35. The van der Waals surface area contributed by atoms with Crippen molar-refractivity contribution in [3.8, 4) is 0 Å². The van der Waals surface area contributed by atoms with Gasteiger partial charge in [-0.25, -0.2) is 4.39 Å². The van der Waals surface area contributed by atoms with Crippen LogP contribution in [0.2, 0.25) is 0 Å². The van der Waals surface area contributed by atoms with Crippen LogP contribution in [0.15, 0.2) is 24.3 Å². The van der Waals surface area contributed by atoms with Crippen molar-refractivity contribution in [3.05, 3.63) is 35.6 Å². The molecule has 6 heteroatoms. The Hall–Kier alpha value is -1.24. The first-order valence-electron chi connectivity index (χ1n) is 7.69. The molecule has 1 heterocycles. The Kier molecular flexibility index (Phi) is 7.56. The zero-order valence-corrected chi connectivity index (χ0v) is 13.5. The topological polar surface area (TPSA) is 42.5 Å². The van der Waals surface area contributed by atoms with E-state index < -0.39 is 0 Å². The van der Waals surface area contributed by atoms with E-state index in [-0.39, 0.29) is 11.9 Å². The third-order valence-corrected chi connectivity index (χ3v) is 3.73. The van der Waals surface area contributed by atoms with Crippen LogP contribution in [0.25, 0.3) is 0 Å². The number of benzene rings is 1. The van der Waals surface area contributed by atoms with Gasteiger partial charge in [0.15, 0.2) is 5.11 Å². The fourth-order valence-electron chi connectivity index (χ4n) is 2.21. The van der Waals surface area contributed by atoms with Crippen LogP contribution in [0.1, 0.15) is 24.8 Å². The van der Waals surface area contributed by atoms with E-state index in [0.717, 1.165) is 38.0 Å². The van der Waals surface area contributed by atoms with Crippen molar-refractivity contribution in [1.29, 1.82) is 0 Å². The quantitative estimate of drug-likeness (QED) is 0.567. The largest absolute Gasteiger partial charge is 0.379 e. The van der Waals surface area contributed by atoms with Crippen molar-refractivity contribution in [2.45, 2.75) is 31.9 Å². The van der Waals surface area contributed by atoms with Gasteiger partial charge in [0.1, 0.15) is 5.82 Å². The maximum atomic E-state index is 12.8. The summed E-state index contributed by atoms with van der Waals surface area (Å²) < 4.78 is 23.8. The number of ether oxygens (including phenoxy) is 2. The van der Waals surface area contributed by atoms with Gasteiger partial charge in [0.05, 0.1) is 12.7 Å². The second-order valence-corrected chi connectivity index (χ2v) is 5.71. The maximum Gasteiger partial charge on any atom is 0.166 e. The number of hydrogen-bond acceptors (Lipinski definition) is 3. The average molecular weight is 326 g/mol. The minimum atomic E-state index is -0.229. The zero-order chi connectivity index (χ0) is 15.6. The van der Waals surface area contributed by atoms with E-state index in [2.05, 4.69) is 10.6 Å². The van der Waals surface area contributed by atoms with Crippen LogP contribution < -0.4 is 10.6 Å². The van der Waals surface area contributed by atoms with Gasteiger partial charge in [-0.2, -0.15) is 0 Å². The van der Waals surface area contributed by atoms with Gasteiger partial charge >= 0.3 is 0 Å². The summed E-state index contributed by atoms with van der Waals surface area (Å²) >= 11 is 5.19. The highest BCUT2D eigenvalue weighted by molar-refractivity contribution is 7.80. The number of rotatable bonds is 8. The molecular weight excluding hydrogens is 303 g/mol. The fraction of sp³-hybridized carbons (Fsp3) is 0.562. The van der Waals surface area contributed by atoms with E-state index in [1.807, 2.05) is 0 Å². The van der Waals surface area contributed by atoms with Crippen molar-refractivity contribution < 1.29 is 13.9 Å². The van der Waals surface area contributed by atoms with Gasteiger partial charge in [-0.3, -0.25) is 0 Å². The van der Waals surface area contributed by atoms with E-state index in [0.29, 0.717) is 24.9 Å². The Bertz CT molecular complexity index is 450. The molecule has 2 N–H and O–H groups in total. The van der Waals surface area contributed by atoms with E-state index >= 15 is 0 Å². The number of halogens is 1. The van der Waals surface area contributed by atoms with E-state index in [1.54, 1.807) is 12.1 Å². The molecule has 122 valence electrons. The van der Waals surface area contributed by atoms with Crippen LogP contribution in [0, 0.1) is 5.82 Å². The summed E-state index contributed by atoms with van der Waals surface area (Å²) in [5, 5.41) is 6.82. The maximum absolute atomic E-state index is 12.8. The molecule has 0 aromatic heterocycles. The molecule has 4 nitrogen and oxygen atoms in total. The van der Waals surface area contributed by atoms with Crippen molar-refractivity contribution in [2.75, 3.05) is 26.4 Å². The first-order chi connectivity index (χ1) is 10.7. The zero-order valence-electron chi connectivity index (χ0n) is 12.6. The summed E-state index contributed by atoms with van der Waals surface area (Å²) in [6.45, 7) is 3.60. The molecule has 0 bridgehead atoms. The Labute approximate surface area is 136 Å². The highest BCUT2D eigenvalue weighted by Crippen LogP contribution is 2.11. The summed E-state index contributed by atoms with van der Waals surface area (Å²) in [6, 6.07) is 6.37. The molecule has 0 aliphatic carbocycles. The van der Waals surface area contributed by atoms with Crippen molar-refractivity contribution in [1.82, 2.24) is 10.6 Å². The van der Waals surface area contributed by atoms with Crippen LogP contribution in [-0.4, -0.2) is 37.6 Å². The van der Waals surface area contributed by atoms with Crippen molar-refractivity contribution >= 4 is 17.3 Å². The molecule has 0 radical (unpaired) electrons. The highest BCUT2D eigenvalue weighted by Gasteiger charge is 2.14. The third-order valence-electron chi connectivity index (χ3n) is 3.45. The molecule has 22 heavy (non-hydrogen) atoms. The second kappa shape index (κ2) is 9.71. The van der Waals surface area contributed by atoms with Gasteiger partial charge < -0.3 is 20.1 Å². The van der Waals surface area contributed by atoms with Crippen LogP contribution in [0.5, 0.6) is 0 Å². The standard InChI is InChI=1S/C16H23FN2O2S/c17-14-6-4-13(5-7-14)11-19-16(22)18-8-2-9-20-12-15-3-1-10-21-15/h4-7,15H,1-3,8-12H2,(H2,18,19,22)/t15-/m1/s1. The van der Waals surface area contributed by atoms with Gasteiger partial charge in [0.2, 0.25) is 0 Å². The summed E-state index contributed by atoms with van der Waals surface area (Å²) in [4.78, 5) is 0. The lowest BCUT2D eigenvalue weighted by molar-refractivity contribution is 0.0168. The number of nitrogens with one attached hydrogen (secondary N) is 2. The van der Waals surface area contributed by atoms with Crippen LogP contribution in [0.3, 0.4) is 0 Å². The second-order valence-electron chi connectivity index (χ2n) is 5.30. The van der Waals surface area contributed by atoms with Crippen molar-refractivity contribution in [3.63, 3.8) is 0 Å². The average Bonchev–Trinajstić information content (AvgIpc) is 3.03. The summed E-state index contributed by atoms with van der Waals surface area (Å²) in [5.74, 6) is -0.229. The number of thiocarbonyl (C=S) groups is 1. The molecule has 1 saturated heterocycles. The van der Waals surface area contributed by atoms with Gasteiger partial charge in [0.25, 0.3) is 0 Å². The summed E-state index contributed by atoms with van der Waals surface area (Å²) in [5.41, 5.74) is 0.991. The predicted molar refractivity (Wildman–Crippen MR) is 88.3 cm³/mol. The van der Waals surface area contributed by atoms with Gasteiger partial charge in [-0.1, -0.05) is 12.1 Å². The van der Waals surface area contributed by atoms with Crippen LogP contribution in [0.4, 0.5) is 4.39 Å². The first kappa shape index (κ1) is 17.1. The molecule has 1 aromatic carbocycles. The lowest BCUT2D eigenvalue weighted by atomic mass is 10.2. The highest BCUT2D eigenvalue weighted by atomic mass is 32.1. The van der Waals surface area contributed by atoms with E-state index in [9.17, 15) is 4.39 Å². The van der Waals surface area contributed by atoms with E-state index in [1.165, 1.54) is 12.1 Å². The van der Waals surface area contributed by atoms with E-state index in [4.69, 9.17) is 21.7 Å². The minimum Gasteiger partial charge on any atom is -0.379 e. The minimum absolute atomic E-state index is 0.229. The van der Waals surface area contributed by atoms with Gasteiger partial charge in [0, 0.05) is 26.3 Å². The number of hydrogen-bond donors (Lipinski definition) is 2. The third kappa shape index (κ3) is 6.68. The summed E-state index contributed by atoms with van der Waals surface area (Å²) in [7, 11) is 0. The van der Waals surface area contributed by atoms with Gasteiger partial charge in [-0.05, 0) is 49.2 Å². The van der Waals surface area contributed by atoms with Crippen LogP contribution >= 0.6 is 12.2 Å². The fourth-order valence-corrected chi connectivity index (χ4v) is 2.39. The summed E-state index contributed by atoms with van der Waals surface area (Å²) in [6.07, 6.45) is 3.43. The molecule has 1 aliphatic rings. The molecule has 0 spiro atoms. The normalized spacial score (nSPS) is 17.4. The molecule has 0 saturated carbocycles. The lowest BCUT2D eigenvalue weighted by Gasteiger charge is -2.12. The van der Waals surface area contributed by atoms with Gasteiger partial charge in [-0.15, -0.1) is 0 Å². The molecular formula is C16H23FN2O2S. The molecule has 2 rings (SSSR count). The first-order valence-corrected chi connectivity index (χ1v) is 8.10. The smallest absolute Gasteiger partial charge is 0.166 e. The molecule has 1 aliphatic heterocycles. The molecule has 1 atom stereocenters. The molecule has 0 amide bonds. The Morgan fingerprint density at radius 3 is 2.86 bits per heavy atom. The Morgan fingerprint density at radius 1 is 1.32 bits per heavy atom. The Morgan fingerprint density at radius 2 is 2.14 bits per heavy atom. The van der Waals surface area contributed by atoms with Crippen LogP contribution in [-0.2, 0) is 16.0 Å².